The van der Waals surface area contributed by atoms with Crippen LogP contribution in [0.5, 0.6) is 0 Å². The van der Waals surface area contributed by atoms with Crippen molar-refractivity contribution in [3.63, 3.8) is 0 Å². The number of nitrogens with zero attached hydrogens (tertiary/aromatic N) is 2. The fourth-order valence-corrected chi connectivity index (χ4v) is 1.93. The molecule has 0 aliphatic carbocycles. The lowest BCUT2D eigenvalue weighted by Gasteiger charge is -2.11. The summed E-state index contributed by atoms with van der Waals surface area (Å²) in [6, 6.07) is 7.59. The molecule has 2 rings (SSSR count). The van der Waals surface area contributed by atoms with Crippen LogP contribution in [0.3, 0.4) is 0 Å². The second-order valence-electron chi connectivity index (χ2n) is 4.43. The van der Waals surface area contributed by atoms with Crippen LogP contribution in [0.2, 0.25) is 5.02 Å². The highest BCUT2D eigenvalue weighted by Crippen LogP contribution is 2.25. The van der Waals surface area contributed by atoms with E-state index in [1.54, 1.807) is 6.08 Å². The minimum Gasteiger partial charge on any atom is -0.366 e. The first-order valence-corrected chi connectivity index (χ1v) is 6.70. The molecule has 2 aromatic rings. The van der Waals surface area contributed by atoms with Crippen LogP contribution in [0.1, 0.15) is 11.3 Å². The summed E-state index contributed by atoms with van der Waals surface area (Å²) in [7, 11) is 0. The second-order valence-corrected chi connectivity index (χ2v) is 4.83. The zero-order chi connectivity index (χ0) is 14.5. The van der Waals surface area contributed by atoms with Gasteiger partial charge in [-0.25, -0.2) is 4.98 Å². The molecule has 1 aromatic carbocycles. The number of rotatable bonds is 5. The Hall–Kier alpha value is -2.07. The van der Waals surface area contributed by atoms with Gasteiger partial charge in [-0.2, -0.15) is 4.98 Å². The Labute approximate surface area is 123 Å². The van der Waals surface area contributed by atoms with E-state index in [4.69, 9.17) is 11.6 Å². The molecule has 1 aromatic heterocycles. The lowest BCUT2D eigenvalue weighted by atomic mass is 10.2. The van der Waals surface area contributed by atoms with E-state index in [1.165, 1.54) is 0 Å². The Balaban J connectivity index is 2.26. The van der Waals surface area contributed by atoms with Gasteiger partial charge in [-0.15, -0.1) is 6.58 Å². The Bertz CT molecular complexity index is 625. The van der Waals surface area contributed by atoms with Crippen LogP contribution in [0.25, 0.3) is 0 Å². The Kier molecular flexibility index (Phi) is 4.58. The van der Waals surface area contributed by atoms with Crippen molar-refractivity contribution in [1.29, 1.82) is 0 Å². The van der Waals surface area contributed by atoms with E-state index in [0.717, 1.165) is 22.8 Å². The van der Waals surface area contributed by atoms with Gasteiger partial charge >= 0.3 is 0 Å². The number of benzene rings is 1. The molecule has 0 atom stereocenters. The Morgan fingerprint density at radius 1 is 1.30 bits per heavy atom. The Morgan fingerprint density at radius 2 is 2.10 bits per heavy atom. The fourth-order valence-electron chi connectivity index (χ4n) is 1.76. The number of hydrogen-bond acceptors (Lipinski definition) is 4. The molecule has 0 unspecified atom stereocenters. The van der Waals surface area contributed by atoms with Crippen molar-refractivity contribution in [2.45, 2.75) is 13.8 Å². The van der Waals surface area contributed by atoms with Crippen LogP contribution in [0.15, 0.2) is 36.9 Å². The molecule has 2 N–H and O–H groups in total. The summed E-state index contributed by atoms with van der Waals surface area (Å²) in [6.45, 7) is 8.22. The number of aromatic nitrogens is 2. The van der Waals surface area contributed by atoms with Gasteiger partial charge in [-0.1, -0.05) is 23.7 Å². The smallest absolute Gasteiger partial charge is 0.229 e. The molecule has 5 heteroatoms. The van der Waals surface area contributed by atoms with E-state index in [9.17, 15) is 0 Å². The van der Waals surface area contributed by atoms with Crippen molar-refractivity contribution in [2.75, 3.05) is 17.2 Å². The molecule has 20 heavy (non-hydrogen) atoms. The predicted molar refractivity (Wildman–Crippen MR) is 84.9 cm³/mol. The highest BCUT2D eigenvalue weighted by molar-refractivity contribution is 6.31. The Morgan fingerprint density at radius 3 is 2.85 bits per heavy atom. The van der Waals surface area contributed by atoms with E-state index in [2.05, 4.69) is 27.2 Å². The maximum absolute atomic E-state index is 6.11. The van der Waals surface area contributed by atoms with Crippen molar-refractivity contribution in [3.8, 4) is 0 Å². The summed E-state index contributed by atoms with van der Waals surface area (Å²) in [6.07, 6.45) is 1.78. The van der Waals surface area contributed by atoms with Gasteiger partial charge in [0.2, 0.25) is 5.95 Å². The molecule has 0 bridgehead atoms. The van der Waals surface area contributed by atoms with Gasteiger partial charge in [-0.05, 0) is 31.5 Å². The minimum absolute atomic E-state index is 0.543. The van der Waals surface area contributed by atoms with Crippen LogP contribution in [-0.4, -0.2) is 16.5 Å². The molecule has 0 spiro atoms. The molecule has 0 saturated heterocycles. The first-order chi connectivity index (χ1) is 9.60. The molecule has 0 amide bonds. The van der Waals surface area contributed by atoms with Crippen LogP contribution in [0, 0.1) is 13.8 Å². The first kappa shape index (κ1) is 14.3. The lowest BCUT2D eigenvalue weighted by molar-refractivity contribution is 1.09. The molecule has 0 fully saturated rings. The number of anilines is 3. The molecule has 0 radical (unpaired) electrons. The molecule has 0 aliphatic rings. The molecule has 4 nitrogen and oxygen atoms in total. The summed E-state index contributed by atoms with van der Waals surface area (Å²) in [5, 5.41) is 7.07. The van der Waals surface area contributed by atoms with Gasteiger partial charge in [0.25, 0.3) is 0 Å². The highest BCUT2D eigenvalue weighted by atomic mass is 35.5. The van der Waals surface area contributed by atoms with Gasteiger partial charge in [0.15, 0.2) is 0 Å². The minimum atomic E-state index is 0.543. The standard InChI is InChI=1S/C15H17ClN4/c1-4-8-17-14-9-10(2)18-15(20-14)19-13-7-5-6-12(16)11(13)3/h4-7,9H,1,8H2,2-3H3,(H2,17,18,19,20). The first-order valence-electron chi connectivity index (χ1n) is 6.32. The molecule has 0 saturated carbocycles. The van der Waals surface area contributed by atoms with Gasteiger partial charge in [0, 0.05) is 29.0 Å². The van der Waals surface area contributed by atoms with Crippen LogP contribution < -0.4 is 10.6 Å². The molecule has 1 heterocycles. The largest absolute Gasteiger partial charge is 0.366 e. The maximum Gasteiger partial charge on any atom is 0.229 e. The van der Waals surface area contributed by atoms with E-state index < -0.39 is 0 Å². The van der Waals surface area contributed by atoms with Gasteiger partial charge in [0.1, 0.15) is 5.82 Å². The maximum atomic E-state index is 6.11. The quantitative estimate of drug-likeness (QED) is 0.814. The van der Waals surface area contributed by atoms with Gasteiger partial charge in [0.05, 0.1) is 0 Å². The average molecular weight is 289 g/mol. The summed E-state index contributed by atoms with van der Waals surface area (Å²) in [4.78, 5) is 8.79. The van der Waals surface area contributed by atoms with E-state index >= 15 is 0 Å². The van der Waals surface area contributed by atoms with Crippen molar-refractivity contribution in [3.05, 3.63) is 53.2 Å². The van der Waals surface area contributed by atoms with Crippen molar-refractivity contribution in [1.82, 2.24) is 9.97 Å². The third-order valence-electron chi connectivity index (χ3n) is 2.80. The van der Waals surface area contributed by atoms with E-state index in [-0.39, 0.29) is 0 Å². The monoisotopic (exact) mass is 288 g/mol. The van der Waals surface area contributed by atoms with Crippen LogP contribution in [-0.2, 0) is 0 Å². The molecule has 0 aliphatic heterocycles. The van der Waals surface area contributed by atoms with Crippen LogP contribution in [0.4, 0.5) is 17.5 Å². The van der Waals surface area contributed by atoms with Crippen molar-refractivity contribution < 1.29 is 0 Å². The van der Waals surface area contributed by atoms with Crippen molar-refractivity contribution >= 4 is 29.1 Å². The van der Waals surface area contributed by atoms with Crippen molar-refractivity contribution in [2.24, 2.45) is 0 Å². The number of hydrogen-bond donors (Lipinski definition) is 2. The predicted octanol–water partition coefficient (Wildman–Crippen LogP) is 4.09. The fraction of sp³-hybridized carbons (Fsp3) is 0.200. The third-order valence-corrected chi connectivity index (χ3v) is 3.21. The van der Waals surface area contributed by atoms with Gasteiger partial charge < -0.3 is 10.6 Å². The highest BCUT2D eigenvalue weighted by Gasteiger charge is 2.06. The number of aryl methyl sites for hydroxylation is 1. The molecular weight excluding hydrogens is 272 g/mol. The number of nitrogens with one attached hydrogen (secondary N) is 2. The molecular formula is C15H17ClN4. The summed E-state index contributed by atoms with van der Waals surface area (Å²) in [5.41, 5.74) is 2.76. The number of halogens is 1. The van der Waals surface area contributed by atoms with E-state index in [0.29, 0.717) is 17.5 Å². The average Bonchev–Trinajstić information content (AvgIpc) is 2.41. The zero-order valence-electron chi connectivity index (χ0n) is 11.6. The summed E-state index contributed by atoms with van der Waals surface area (Å²) >= 11 is 6.11. The SMILES string of the molecule is C=CCNc1cc(C)nc(Nc2cccc(Cl)c2C)n1. The summed E-state index contributed by atoms with van der Waals surface area (Å²) < 4.78 is 0. The topological polar surface area (TPSA) is 49.8 Å². The second kappa shape index (κ2) is 6.39. The van der Waals surface area contributed by atoms with E-state index in [1.807, 2.05) is 38.1 Å². The summed E-state index contributed by atoms with van der Waals surface area (Å²) in [5.74, 6) is 1.31. The van der Waals surface area contributed by atoms with Gasteiger partial charge in [-0.3, -0.25) is 0 Å². The molecule has 104 valence electrons. The normalized spacial score (nSPS) is 10.2. The third kappa shape index (κ3) is 3.48. The van der Waals surface area contributed by atoms with Crippen LogP contribution >= 0.6 is 11.6 Å². The zero-order valence-corrected chi connectivity index (χ0v) is 12.3. The lowest BCUT2D eigenvalue weighted by Crippen LogP contribution is -2.05.